The van der Waals surface area contributed by atoms with Gasteiger partial charge >= 0.3 is 5.97 Å². The largest absolute Gasteiger partial charge is 0.496 e. The lowest BCUT2D eigenvalue weighted by atomic mass is 10.1. The lowest BCUT2D eigenvalue weighted by molar-refractivity contribution is -0.142. The number of nitrogens with zero attached hydrogens (tertiary/aromatic N) is 1. The molecule has 1 amide bonds. The summed E-state index contributed by atoms with van der Waals surface area (Å²) in [4.78, 5) is 26.2. The number of para-hydroxylation sites is 1. The predicted octanol–water partition coefficient (Wildman–Crippen LogP) is 3.67. The number of rotatable bonds is 8. The Labute approximate surface area is 168 Å². The quantitative estimate of drug-likeness (QED) is 0.631. The third kappa shape index (κ3) is 4.91. The van der Waals surface area contributed by atoms with Crippen molar-refractivity contribution in [3.63, 3.8) is 0 Å². The summed E-state index contributed by atoms with van der Waals surface area (Å²) in [6, 6.07) is 11.1. The summed E-state index contributed by atoms with van der Waals surface area (Å²) < 4.78 is 36.8. The normalized spacial score (nSPS) is 17.5. The average Bonchev–Trinajstić information content (AvgIpc) is 3.53. The summed E-state index contributed by atoms with van der Waals surface area (Å²) in [6.45, 7) is 0.224. The molecule has 1 aliphatic carbocycles. The van der Waals surface area contributed by atoms with Gasteiger partial charge in [0.1, 0.15) is 5.75 Å². The topological polar surface area (TPSA) is 55.8 Å². The Balaban J connectivity index is 1.75. The molecule has 2 atom stereocenters. The van der Waals surface area contributed by atoms with Crippen molar-refractivity contribution in [2.75, 3.05) is 20.8 Å². The van der Waals surface area contributed by atoms with Crippen LogP contribution >= 0.6 is 0 Å². The van der Waals surface area contributed by atoms with Gasteiger partial charge in [-0.15, -0.1) is 0 Å². The number of carbonyl (C=O) groups is 2. The maximum absolute atomic E-state index is 13.6. The molecule has 3 rings (SSSR count). The number of methoxy groups -OCH3 is 2. The molecule has 2 unspecified atom stereocenters. The standard InChI is InChI=1S/C22H23F2NO4/c1-28-20-6-4-3-5-15(20)16-12-17(16)22(27)25(10-9-21(26)29-2)13-14-7-8-18(23)19(24)11-14/h3-8,11,16-17H,9-10,12-13H2,1-2H3. The zero-order chi connectivity index (χ0) is 21.0. The van der Waals surface area contributed by atoms with Crippen molar-refractivity contribution < 1.29 is 27.8 Å². The first-order chi connectivity index (χ1) is 13.9. The number of benzene rings is 2. The third-order valence-corrected chi connectivity index (χ3v) is 5.13. The van der Waals surface area contributed by atoms with E-state index in [4.69, 9.17) is 4.74 Å². The molecule has 7 heteroatoms. The van der Waals surface area contributed by atoms with Gasteiger partial charge in [-0.2, -0.15) is 0 Å². The summed E-state index contributed by atoms with van der Waals surface area (Å²) in [5, 5.41) is 0. The van der Waals surface area contributed by atoms with Crippen LogP contribution in [0.1, 0.15) is 29.9 Å². The van der Waals surface area contributed by atoms with Gasteiger partial charge in [-0.1, -0.05) is 24.3 Å². The average molecular weight is 403 g/mol. The smallest absolute Gasteiger partial charge is 0.307 e. The van der Waals surface area contributed by atoms with E-state index in [0.29, 0.717) is 12.0 Å². The molecule has 0 heterocycles. The maximum atomic E-state index is 13.6. The van der Waals surface area contributed by atoms with Crippen LogP contribution < -0.4 is 4.74 Å². The van der Waals surface area contributed by atoms with E-state index >= 15 is 0 Å². The fourth-order valence-electron chi connectivity index (χ4n) is 3.47. The number of hydrogen-bond donors (Lipinski definition) is 0. The zero-order valence-corrected chi connectivity index (χ0v) is 16.4. The first kappa shape index (κ1) is 20.8. The van der Waals surface area contributed by atoms with Crippen LogP contribution in [-0.2, 0) is 20.9 Å². The SMILES string of the molecule is COC(=O)CCN(Cc1ccc(F)c(F)c1)C(=O)C1CC1c1ccccc1OC. The Bertz CT molecular complexity index is 902. The van der Waals surface area contributed by atoms with Crippen LogP contribution in [0.25, 0.3) is 0 Å². The van der Waals surface area contributed by atoms with Gasteiger partial charge in [0.2, 0.25) is 5.91 Å². The fourth-order valence-corrected chi connectivity index (χ4v) is 3.47. The van der Waals surface area contributed by atoms with Crippen molar-refractivity contribution in [1.29, 1.82) is 0 Å². The molecule has 0 N–H and O–H groups in total. The highest BCUT2D eigenvalue weighted by atomic mass is 19.2. The van der Waals surface area contributed by atoms with Gasteiger partial charge in [0.15, 0.2) is 11.6 Å². The van der Waals surface area contributed by atoms with Crippen LogP contribution in [0.2, 0.25) is 0 Å². The first-order valence-electron chi connectivity index (χ1n) is 9.37. The molecule has 0 bridgehead atoms. The molecule has 0 aliphatic heterocycles. The minimum atomic E-state index is -0.971. The van der Waals surface area contributed by atoms with Crippen molar-refractivity contribution in [2.45, 2.75) is 25.3 Å². The van der Waals surface area contributed by atoms with Crippen LogP contribution in [0, 0.1) is 17.6 Å². The Kier molecular flexibility index (Phi) is 6.46. The lowest BCUT2D eigenvalue weighted by Crippen LogP contribution is -2.34. The highest BCUT2D eigenvalue weighted by Gasteiger charge is 2.46. The predicted molar refractivity (Wildman–Crippen MR) is 102 cm³/mol. The number of halogens is 2. The molecular formula is C22H23F2NO4. The molecule has 0 radical (unpaired) electrons. The molecule has 1 aliphatic rings. The molecular weight excluding hydrogens is 380 g/mol. The minimum Gasteiger partial charge on any atom is -0.496 e. The monoisotopic (exact) mass is 403 g/mol. The molecule has 1 fully saturated rings. The Morgan fingerprint density at radius 2 is 1.86 bits per heavy atom. The van der Waals surface area contributed by atoms with Crippen molar-refractivity contribution in [3.05, 3.63) is 65.2 Å². The fraction of sp³-hybridized carbons (Fsp3) is 0.364. The van der Waals surface area contributed by atoms with Gasteiger partial charge in [-0.3, -0.25) is 9.59 Å². The van der Waals surface area contributed by atoms with Crippen molar-refractivity contribution in [3.8, 4) is 5.75 Å². The van der Waals surface area contributed by atoms with E-state index in [1.165, 1.54) is 18.1 Å². The van der Waals surface area contributed by atoms with Crippen molar-refractivity contribution in [1.82, 2.24) is 4.90 Å². The highest BCUT2D eigenvalue weighted by molar-refractivity contribution is 5.83. The van der Waals surface area contributed by atoms with E-state index in [-0.39, 0.29) is 37.3 Å². The molecule has 29 heavy (non-hydrogen) atoms. The van der Waals surface area contributed by atoms with E-state index in [1.807, 2.05) is 24.3 Å². The Morgan fingerprint density at radius 3 is 2.55 bits per heavy atom. The molecule has 2 aromatic carbocycles. The minimum absolute atomic E-state index is 0.0258. The second-order valence-electron chi connectivity index (χ2n) is 7.03. The molecule has 0 aromatic heterocycles. The number of amides is 1. The summed E-state index contributed by atoms with van der Waals surface area (Å²) in [7, 11) is 2.87. The molecule has 0 spiro atoms. The zero-order valence-electron chi connectivity index (χ0n) is 16.4. The van der Waals surface area contributed by atoms with E-state index < -0.39 is 17.6 Å². The van der Waals surface area contributed by atoms with Gasteiger partial charge in [-0.05, 0) is 41.7 Å². The van der Waals surface area contributed by atoms with Crippen LogP contribution in [0.5, 0.6) is 5.75 Å². The van der Waals surface area contributed by atoms with Gasteiger partial charge < -0.3 is 14.4 Å². The molecule has 2 aromatic rings. The molecule has 5 nitrogen and oxygen atoms in total. The molecule has 0 saturated heterocycles. The van der Waals surface area contributed by atoms with Crippen LogP contribution in [0.3, 0.4) is 0 Å². The van der Waals surface area contributed by atoms with Crippen molar-refractivity contribution >= 4 is 11.9 Å². The Morgan fingerprint density at radius 1 is 1.10 bits per heavy atom. The first-order valence-corrected chi connectivity index (χ1v) is 9.37. The second kappa shape index (κ2) is 9.03. The van der Waals surface area contributed by atoms with Crippen molar-refractivity contribution in [2.24, 2.45) is 5.92 Å². The lowest BCUT2D eigenvalue weighted by Gasteiger charge is -2.23. The summed E-state index contributed by atoms with van der Waals surface area (Å²) in [5.41, 5.74) is 1.42. The maximum Gasteiger partial charge on any atom is 0.307 e. The molecule has 1 saturated carbocycles. The van der Waals surface area contributed by atoms with E-state index in [0.717, 1.165) is 23.4 Å². The van der Waals surface area contributed by atoms with E-state index in [1.54, 1.807) is 7.11 Å². The van der Waals surface area contributed by atoms with Crippen LogP contribution in [0.4, 0.5) is 8.78 Å². The van der Waals surface area contributed by atoms with Gasteiger partial charge in [-0.25, -0.2) is 8.78 Å². The second-order valence-corrected chi connectivity index (χ2v) is 7.03. The number of ether oxygens (including phenoxy) is 2. The number of carbonyl (C=O) groups excluding carboxylic acids is 2. The van der Waals surface area contributed by atoms with E-state index in [9.17, 15) is 18.4 Å². The Hall–Kier alpha value is -2.96. The summed E-state index contributed by atoms with van der Waals surface area (Å²) in [6.07, 6.45) is 0.698. The molecule has 154 valence electrons. The van der Waals surface area contributed by atoms with Crippen LogP contribution in [0.15, 0.2) is 42.5 Å². The van der Waals surface area contributed by atoms with Gasteiger partial charge in [0.25, 0.3) is 0 Å². The van der Waals surface area contributed by atoms with Gasteiger partial charge in [0.05, 0.1) is 20.6 Å². The van der Waals surface area contributed by atoms with E-state index in [2.05, 4.69) is 4.74 Å². The summed E-state index contributed by atoms with van der Waals surface area (Å²) >= 11 is 0. The van der Waals surface area contributed by atoms with Gasteiger partial charge in [0, 0.05) is 19.0 Å². The summed E-state index contributed by atoms with van der Waals surface area (Å²) in [5.74, 6) is -1.96. The number of esters is 1. The number of hydrogen-bond acceptors (Lipinski definition) is 4. The highest BCUT2D eigenvalue weighted by Crippen LogP contribution is 2.51. The third-order valence-electron chi connectivity index (χ3n) is 5.13. The van der Waals surface area contributed by atoms with Crippen LogP contribution in [-0.4, -0.2) is 37.5 Å².